The Balaban J connectivity index is 1.77. The van der Waals surface area contributed by atoms with E-state index in [-0.39, 0.29) is 24.2 Å². The minimum Gasteiger partial charge on any atom is -0.326 e. The van der Waals surface area contributed by atoms with Crippen LogP contribution >= 0.6 is 0 Å². The largest absolute Gasteiger partial charge is 0.326 e. The number of carbonyl (C=O) groups is 3. The lowest BCUT2D eigenvalue weighted by Crippen LogP contribution is -2.41. The van der Waals surface area contributed by atoms with Gasteiger partial charge in [0.25, 0.3) is 5.91 Å². The van der Waals surface area contributed by atoms with Gasteiger partial charge in [0.05, 0.1) is 0 Å². The Bertz CT molecular complexity index is 897. The number of nitrogens with one attached hydrogen (secondary N) is 3. The van der Waals surface area contributed by atoms with Gasteiger partial charge in [0.1, 0.15) is 0 Å². The summed E-state index contributed by atoms with van der Waals surface area (Å²) >= 11 is 0. The van der Waals surface area contributed by atoms with Gasteiger partial charge in [0, 0.05) is 24.1 Å². The molecule has 3 N–H and O–H groups in total. The molecule has 6 nitrogen and oxygen atoms in total. The molecule has 0 spiro atoms. The molecule has 0 aromatic heterocycles. The Morgan fingerprint density at radius 1 is 0.828 bits per heavy atom. The molecule has 0 fully saturated rings. The highest BCUT2D eigenvalue weighted by Crippen LogP contribution is 2.22. The summed E-state index contributed by atoms with van der Waals surface area (Å²) in [4.78, 5) is 36.1. The van der Waals surface area contributed by atoms with Gasteiger partial charge in [-0.1, -0.05) is 50.6 Å². The zero-order chi connectivity index (χ0) is 21.6. The first-order valence-corrected chi connectivity index (χ1v) is 9.63. The topological polar surface area (TPSA) is 87.3 Å². The molecule has 3 amide bonds. The predicted octanol–water partition coefficient (Wildman–Crippen LogP) is 3.78. The Morgan fingerprint density at radius 2 is 1.45 bits per heavy atom. The Hall–Kier alpha value is -3.15. The first-order chi connectivity index (χ1) is 13.6. The van der Waals surface area contributed by atoms with E-state index in [2.05, 4.69) is 36.9 Å². The maximum Gasteiger partial charge on any atom is 0.269 e. The van der Waals surface area contributed by atoms with Crippen LogP contribution in [0.1, 0.15) is 60.7 Å². The van der Waals surface area contributed by atoms with Crippen molar-refractivity contribution in [2.45, 2.75) is 52.9 Å². The Morgan fingerprint density at radius 3 is 2.03 bits per heavy atom. The van der Waals surface area contributed by atoms with Gasteiger partial charge in [-0.2, -0.15) is 0 Å². The molecule has 0 saturated carbocycles. The highest BCUT2D eigenvalue weighted by atomic mass is 16.2. The average molecular weight is 396 g/mol. The molecule has 0 aliphatic heterocycles. The number of hydrogen-bond acceptors (Lipinski definition) is 3. The van der Waals surface area contributed by atoms with E-state index in [9.17, 15) is 14.4 Å². The molecule has 0 aliphatic carbocycles. The molecule has 0 atom stereocenters. The van der Waals surface area contributed by atoms with E-state index in [1.54, 1.807) is 12.1 Å². The number of rotatable bonds is 5. The lowest BCUT2D eigenvalue weighted by atomic mass is 9.87. The monoisotopic (exact) mass is 395 g/mol. The third-order valence-corrected chi connectivity index (χ3v) is 4.56. The van der Waals surface area contributed by atoms with Crippen LogP contribution in [0.3, 0.4) is 0 Å². The molecule has 0 aliphatic rings. The minimum atomic E-state index is -0.430. The van der Waals surface area contributed by atoms with Crippen molar-refractivity contribution in [3.63, 3.8) is 0 Å². The molecular formula is C23H29N3O3. The number of carbonyl (C=O) groups excluding carboxylic acids is 3. The minimum absolute atomic E-state index is 0.000907. The van der Waals surface area contributed by atoms with Crippen molar-refractivity contribution in [2.24, 2.45) is 0 Å². The van der Waals surface area contributed by atoms with Crippen LogP contribution in [0.5, 0.6) is 0 Å². The Labute approximate surface area is 172 Å². The molecule has 6 heteroatoms. The van der Waals surface area contributed by atoms with E-state index in [0.29, 0.717) is 5.56 Å². The maximum atomic E-state index is 12.1. The summed E-state index contributed by atoms with van der Waals surface area (Å²) in [5.41, 5.74) is 9.10. The Kier molecular flexibility index (Phi) is 7.15. The second-order valence-corrected chi connectivity index (χ2v) is 8.20. The number of anilines is 1. The smallest absolute Gasteiger partial charge is 0.269 e. The van der Waals surface area contributed by atoms with E-state index in [4.69, 9.17) is 0 Å². The van der Waals surface area contributed by atoms with E-state index < -0.39 is 11.8 Å². The fourth-order valence-corrected chi connectivity index (χ4v) is 2.78. The van der Waals surface area contributed by atoms with Gasteiger partial charge >= 0.3 is 0 Å². The van der Waals surface area contributed by atoms with Crippen LogP contribution in [-0.2, 0) is 15.0 Å². The fraction of sp³-hybridized carbons (Fsp3) is 0.348. The maximum absolute atomic E-state index is 12.1. The SMILES string of the molecule is Cc1ccc(NC(=O)CCC(=O)NNC(=O)c2ccc(C(C)(C)C)cc2)c(C)c1. The zero-order valence-electron chi connectivity index (χ0n) is 17.7. The lowest BCUT2D eigenvalue weighted by molar-refractivity contribution is -0.124. The van der Waals surface area contributed by atoms with Gasteiger partial charge in [-0.25, -0.2) is 0 Å². The summed E-state index contributed by atoms with van der Waals surface area (Å²) < 4.78 is 0. The quantitative estimate of drug-likeness (QED) is 0.673. The molecule has 2 aromatic carbocycles. The molecule has 0 radical (unpaired) electrons. The number of hydrazine groups is 1. The van der Waals surface area contributed by atoms with Crippen molar-refractivity contribution in [3.8, 4) is 0 Å². The van der Waals surface area contributed by atoms with Gasteiger partial charge < -0.3 is 5.32 Å². The molecular weight excluding hydrogens is 366 g/mol. The summed E-state index contributed by atoms with van der Waals surface area (Å²) in [6.07, 6.45) is -0.00468. The highest BCUT2D eigenvalue weighted by Gasteiger charge is 2.15. The molecule has 2 aromatic rings. The summed E-state index contributed by atoms with van der Waals surface area (Å²) in [7, 11) is 0. The average Bonchev–Trinajstić information content (AvgIpc) is 2.66. The molecule has 29 heavy (non-hydrogen) atoms. The highest BCUT2D eigenvalue weighted by molar-refractivity contribution is 5.96. The molecule has 2 rings (SSSR count). The number of benzene rings is 2. The number of aryl methyl sites for hydroxylation is 2. The summed E-state index contributed by atoms with van der Waals surface area (Å²) in [6, 6.07) is 13.0. The van der Waals surface area contributed by atoms with E-state index >= 15 is 0 Å². The first kappa shape index (κ1) is 22.1. The predicted molar refractivity (Wildman–Crippen MR) is 115 cm³/mol. The lowest BCUT2D eigenvalue weighted by Gasteiger charge is -2.19. The van der Waals surface area contributed by atoms with Crippen molar-refractivity contribution in [3.05, 3.63) is 64.7 Å². The summed E-state index contributed by atoms with van der Waals surface area (Å²) in [5.74, 6) is -1.09. The van der Waals surface area contributed by atoms with Crippen molar-refractivity contribution >= 4 is 23.4 Å². The first-order valence-electron chi connectivity index (χ1n) is 9.63. The zero-order valence-corrected chi connectivity index (χ0v) is 17.7. The van der Waals surface area contributed by atoms with Crippen LogP contribution < -0.4 is 16.2 Å². The van der Waals surface area contributed by atoms with Crippen molar-refractivity contribution in [2.75, 3.05) is 5.32 Å². The van der Waals surface area contributed by atoms with E-state index in [1.807, 2.05) is 44.2 Å². The van der Waals surface area contributed by atoms with Gasteiger partial charge in [-0.05, 0) is 48.6 Å². The van der Waals surface area contributed by atoms with Crippen LogP contribution in [-0.4, -0.2) is 17.7 Å². The van der Waals surface area contributed by atoms with Crippen LogP contribution in [0.4, 0.5) is 5.69 Å². The third kappa shape index (κ3) is 6.75. The normalized spacial score (nSPS) is 10.9. The summed E-state index contributed by atoms with van der Waals surface area (Å²) in [5, 5.41) is 2.79. The van der Waals surface area contributed by atoms with Crippen LogP contribution in [0, 0.1) is 13.8 Å². The van der Waals surface area contributed by atoms with Gasteiger partial charge in [-0.3, -0.25) is 25.2 Å². The van der Waals surface area contributed by atoms with Gasteiger partial charge in [-0.15, -0.1) is 0 Å². The molecule has 0 bridgehead atoms. The van der Waals surface area contributed by atoms with Crippen LogP contribution in [0.2, 0.25) is 0 Å². The van der Waals surface area contributed by atoms with Gasteiger partial charge in [0.15, 0.2) is 0 Å². The number of amides is 3. The van der Waals surface area contributed by atoms with Crippen molar-refractivity contribution in [1.82, 2.24) is 10.9 Å². The second-order valence-electron chi connectivity index (χ2n) is 8.20. The second kappa shape index (κ2) is 9.37. The van der Waals surface area contributed by atoms with E-state index in [0.717, 1.165) is 22.4 Å². The fourth-order valence-electron chi connectivity index (χ4n) is 2.78. The third-order valence-electron chi connectivity index (χ3n) is 4.56. The molecule has 154 valence electrons. The summed E-state index contributed by atoms with van der Waals surface area (Å²) in [6.45, 7) is 10.2. The molecule has 0 saturated heterocycles. The molecule has 0 heterocycles. The van der Waals surface area contributed by atoms with Gasteiger partial charge in [0.2, 0.25) is 11.8 Å². The van der Waals surface area contributed by atoms with E-state index in [1.165, 1.54) is 0 Å². The number of hydrogen-bond donors (Lipinski definition) is 3. The standard InChI is InChI=1S/C23H29N3O3/c1-15-6-11-19(16(2)14-15)24-20(27)12-13-21(28)25-26-22(29)17-7-9-18(10-8-17)23(3,4)5/h6-11,14H,12-13H2,1-5H3,(H,24,27)(H,25,28)(H,26,29). The van der Waals surface area contributed by atoms with Crippen LogP contribution in [0.25, 0.3) is 0 Å². The van der Waals surface area contributed by atoms with Crippen molar-refractivity contribution < 1.29 is 14.4 Å². The van der Waals surface area contributed by atoms with Crippen LogP contribution in [0.15, 0.2) is 42.5 Å². The van der Waals surface area contributed by atoms with Crippen molar-refractivity contribution in [1.29, 1.82) is 0 Å². The molecule has 0 unspecified atom stereocenters.